The van der Waals surface area contributed by atoms with E-state index >= 15 is 0 Å². The van der Waals surface area contributed by atoms with E-state index in [1.54, 1.807) is 0 Å². The van der Waals surface area contributed by atoms with Crippen LogP contribution in [0.15, 0.2) is 0 Å². The Hall–Kier alpha value is -1.94. The standard InChI is InChI=1S/C76H148O17P2/c1-9-68(7)54-46-38-30-22-15-13-11-12-14-16-24-32-40-48-56-73(78)86-62-71(92-76(81)59-51-43-34-26-20-18-23-31-39-47-55-69(8)10-2)64-90-94(82,83)88-60-70(77)61-89-95(84,85)91-65-72(63-87-74(79)57-49-41-35-27-29-37-45-53-67(5)6)93-75(80)58-50-42-33-25-19-17-21-28-36-44-52-66(3)4/h66-72,77H,9-65H2,1-8H3,(H,82,83)(H,84,85)/t68?,69?,70?,71-,72-/m1/s1. The number of hydrogen-bond acceptors (Lipinski definition) is 15. The second-order valence-electron chi connectivity index (χ2n) is 28.8. The van der Waals surface area contributed by atoms with Gasteiger partial charge in [-0.2, -0.15) is 0 Å². The van der Waals surface area contributed by atoms with Gasteiger partial charge in [0.1, 0.15) is 19.3 Å². The van der Waals surface area contributed by atoms with Gasteiger partial charge in [-0.05, 0) is 49.4 Å². The van der Waals surface area contributed by atoms with Crippen LogP contribution >= 0.6 is 15.6 Å². The summed E-state index contributed by atoms with van der Waals surface area (Å²) in [6.07, 6.45) is 49.9. The highest BCUT2D eigenvalue weighted by Crippen LogP contribution is 2.45. The second-order valence-corrected chi connectivity index (χ2v) is 31.7. The monoisotopic (exact) mass is 1400 g/mol. The van der Waals surface area contributed by atoms with E-state index < -0.39 is 97.5 Å². The van der Waals surface area contributed by atoms with Crippen molar-refractivity contribution in [1.82, 2.24) is 0 Å². The SMILES string of the molecule is CCC(C)CCCCCCCCCCCCCCCCC(=O)OC[C@H](COP(=O)(O)OCC(O)COP(=O)(O)OC[C@@H](COC(=O)CCCCCCCCCC(C)C)OC(=O)CCCCCCCCCCCCC(C)C)OC(=O)CCCCCCCCCCCCC(C)CC. The number of aliphatic hydroxyl groups excluding tert-OH is 1. The molecule has 0 aliphatic carbocycles. The molecule has 19 heteroatoms. The van der Waals surface area contributed by atoms with Crippen LogP contribution < -0.4 is 0 Å². The van der Waals surface area contributed by atoms with Gasteiger partial charge in [0.05, 0.1) is 26.4 Å². The van der Waals surface area contributed by atoms with Crippen molar-refractivity contribution in [1.29, 1.82) is 0 Å². The van der Waals surface area contributed by atoms with E-state index in [4.69, 9.17) is 37.0 Å². The zero-order valence-corrected chi connectivity index (χ0v) is 64.1. The molecule has 0 aromatic heterocycles. The van der Waals surface area contributed by atoms with Crippen LogP contribution in [0.2, 0.25) is 0 Å². The average Bonchev–Trinajstić information content (AvgIpc) is 1.59. The molecule has 0 bridgehead atoms. The summed E-state index contributed by atoms with van der Waals surface area (Å²) < 4.78 is 68.5. The number of rotatable bonds is 73. The summed E-state index contributed by atoms with van der Waals surface area (Å²) in [4.78, 5) is 72.8. The second kappa shape index (κ2) is 65.4. The van der Waals surface area contributed by atoms with Gasteiger partial charge in [0.2, 0.25) is 0 Å². The quantitative estimate of drug-likeness (QED) is 0.0222. The Morgan fingerprint density at radius 1 is 0.295 bits per heavy atom. The van der Waals surface area contributed by atoms with Crippen molar-refractivity contribution in [2.24, 2.45) is 23.7 Å². The van der Waals surface area contributed by atoms with Crippen molar-refractivity contribution in [2.75, 3.05) is 39.6 Å². The summed E-state index contributed by atoms with van der Waals surface area (Å²) in [5, 5.41) is 10.6. The maximum atomic E-state index is 13.1. The van der Waals surface area contributed by atoms with Gasteiger partial charge in [0.15, 0.2) is 12.2 Å². The first-order chi connectivity index (χ1) is 45.7. The lowest BCUT2D eigenvalue weighted by atomic mass is 9.99. The molecule has 0 aromatic carbocycles. The van der Waals surface area contributed by atoms with E-state index in [2.05, 4.69) is 55.4 Å². The lowest BCUT2D eigenvalue weighted by Crippen LogP contribution is -2.30. The molecule has 95 heavy (non-hydrogen) atoms. The summed E-state index contributed by atoms with van der Waals surface area (Å²) in [6, 6.07) is 0. The van der Waals surface area contributed by atoms with E-state index in [1.807, 2.05) is 0 Å². The minimum Gasteiger partial charge on any atom is -0.462 e. The van der Waals surface area contributed by atoms with Crippen LogP contribution in [-0.2, 0) is 65.4 Å². The van der Waals surface area contributed by atoms with Gasteiger partial charge in [0, 0.05) is 25.7 Å². The van der Waals surface area contributed by atoms with Crippen molar-refractivity contribution in [3.05, 3.63) is 0 Å². The van der Waals surface area contributed by atoms with Gasteiger partial charge >= 0.3 is 39.5 Å². The highest BCUT2D eigenvalue weighted by molar-refractivity contribution is 7.47. The Morgan fingerprint density at radius 3 is 0.747 bits per heavy atom. The molecular formula is C76H148O17P2. The lowest BCUT2D eigenvalue weighted by molar-refractivity contribution is -0.161. The molecule has 0 heterocycles. The number of unbranched alkanes of at least 4 members (excludes halogenated alkanes) is 37. The van der Waals surface area contributed by atoms with Gasteiger partial charge < -0.3 is 33.8 Å². The number of carbonyl (C=O) groups is 4. The highest BCUT2D eigenvalue weighted by atomic mass is 31.2. The molecule has 0 fully saturated rings. The summed E-state index contributed by atoms with van der Waals surface area (Å²) in [5.74, 6) is 0.988. The molecule has 3 N–H and O–H groups in total. The van der Waals surface area contributed by atoms with Crippen molar-refractivity contribution < 1.29 is 80.2 Å². The Kier molecular flexibility index (Phi) is 64.0. The molecule has 0 saturated heterocycles. The molecule has 0 aliphatic rings. The van der Waals surface area contributed by atoms with Crippen molar-refractivity contribution >= 4 is 39.5 Å². The Balaban J connectivity index is 5.25. The fourth-order valence-electron chi connectivity index (χ4n) is 11.5. The van der Waals surface area contributed by atoms with E-state index in [0.29, 0.717) is 31.6 Å². The predicted octanol–water partition coefficient (Wildman–Crippen LogP) is 22.0. The summed E-state index contributed by atoms with van der Waals surface area (Å²) in [7, 11) is -9.91. The third-order valence-electron chi connectivity index (χ3n) is 18.3. The van der Waals surface area contributed by atoms with Crippen LogP contribution in [0.5, 0.6) is 0 Å². The Labute approximate surface area is 581 Å². The minimum absolute atomic E-state index is 0.105. The van der Waals surface area contributed by atoms with Crippen LogP contribution in [0, 0.1) is 23.7 Å². The Bertz CT molecular complexity index is 1870. The molecule has 564 valence electrons. The first kappa shape index (κ1) is 93.1. The maximum absolute atomic E-state index is 13.1. The van der Waals surface area contributed by atoms with Gasteiger partial charge in [-0.15, -0.1) is 0 Å². The van der Waals surface area contributed by atoms with Crippen LogP contribution in [0.25, 0.3) is 0 Å². The minimum atomic E-state index is -4.96. The maximum Gasteiger partial charge on any atom is 0.472 e. The molecule has 5 unspecified atom stereocenters. The van der Waals surface area contributed by atoms with E-state index in [0.717, 1.165) is 114 Å². The normalized spacial score (nSPS) is 14.7. The number of aliphatic hydroxyl groups is 1. The van der Waals surface area contributed by atoms with Gasteiger partial charge in [0.25, 0.3) is 0 Å². The van der Waals surface area contributed by atoms with Crippen LogP contribution in [0.1, 0.15) is 383 Å². The van der Waals surface area contributed by atoms with Crippen LogP contribution in [-0.4, -0.2) is 96.7 Å². The summed E-state index contributed by atoms with van der Waals surface area (Å²) in [5.41, 5.74) is 0. The third-order valence-corrected chi connectivity index (χ3v) is 20.2. The molecule has 0 aliphatic heterocycles. The zero-order valence-electron chi connectivity index (χ0n) is 62.3. The summed E-state index contributed by atoms with van der Waals surface area (Å²) >= 11 is 0. The fourth-order valence-corrected chi connectivity index (χ4v) is 13.1. The van der Waals surface area contributed by atoms with Crippen molar-refractivity contribution in [3.8, 4) is 0 Å². The number of phosphoric acid groups is 2. The van der Waals surface area contributed by atoms with Crippen molar-refractivity contribution in [3.63, 3.8) is 0 Å². The first-order valence-electron chi connectivity index (χ1n) is 39.3. The number of hydrogen-bond donors (Lipinski definition) is 3. The molecule has 0 saturated carbocycles. The highest BCUT2D eigenvalue weighted by Gasteiger charge is 2.30. The van der Waals surface area contributed by atoms with Crippen molar-refractivity contribution in [2.45, 2.75) is 401 Å². The predicted molar refractivity (Wildman–Crippen MR) is 386 cm³/mol. The molecule has 0 aromatic rings. The Morgan fingerprint density at radius 2 is 0.505 bits per heavy atom. The largest absolute Gasteiger partial charge is 0.472 e. The topological polar surface area (TPSA) is 237 Å². The van der Waals surface area contributed by atoms with Crippen LogP contribution in [0.4, 0.5) is 0 Å². The first-order valence-corrected chi connectivity index (χ1v) is 42.3. The average molecular weight is 1400 g/mol. The molecule has 0 radical (unpaired) electrons. The molecule has 7 atom stereocenters. The van der Waals surface area contributed by atoms with E-state index in [-0.39, 0.29) is 25.7 Å². The van der Waals surface area contributed by atoms with Gasteiger partial charge in [-0.1, -0.05) is 331 Å². The summed E-state index contributed by atoms with van der Waals surface area (Å²) in [6.45, 7) is 14.2. The fraction of sp³-hybridized carbons (Fsp3) is 0.947. The van der Waals surface area contributed by atoms with E-state index in [9.17, 15) is 43.2 Å². The van der Waals surface area contributed by atoms with E-state index in [1.165, 1.54) is 180 Å². The third kappa shape index (κ3) is 67.6. The van der Waals surface area contributed by atoms with Gasteiger partial charge in [-0.3, -0.25) is 37.3 Å². The lowest BCUT2D eigenvalue weighted by Gasteiger charge is -2.21. The van der Waals surface area contributed by atoms with Gasteiger partial charge in [-0.25, -0.2) is 9.13 Å². The molecule has 0 amide bonds. The molecule has 17 nitrogen and oxygen atoms in total. The smallest absolute Gasteiger partial charge is 0.462 e. The number of esters is 4. The zero-order chi connectivity index (χ0) is 70.3. The van der Waals surface area contributed by atoms with Crippen LogP contribution in [0.3, 0.4) is 0 Å². The number of phosphoric ester groups is 2. The number of ether oxygens (including phenoxy) is 4. The molecule has 0 spiro atoms. The number of carbonyl (C=O) groups excluding carboxylic acids is 4. The molecule has 0 rings (SSSR count). The molecular weight excluding hydrogens is 1250 g/mol.